The number of nitrogens with two attached hydrogens (primary N) is 1. The zero-order valence-corrected chi connectivity index (χ0v) is 13.0. The molecule has 0 saturated carbocycles. The Labute approximate surface area is 138 Å². The Kier molecular flexibility index (Phi) is 4.31. The van der Waals surface area contributed by atoms with Crippen molar-refractivity contribution in [2.24, 2.45) is 5.84 Å². The Morgan fingerprint density at radius 1 is 1.17 bits per heavy atom. The molecule has 0 fully saturated rings. The molecule has 0 radical (unpaired) electrons. The molecule has 4 N–H and O–H groups in total. The summed E-state index contributed by atoms with van der Waals surface area (Å²) in [5.41, 5.74) is 7.32. The smallest absolute Gasteiger partial charge is 0.270 e. The quantitative estimate of drug-likeness (QED) is 0.337. The Hall–Kier alpha value is -2.77. The van der Waals surface area contributed by atoms with E-state index in [0.717, 1.165) is 16.5 Å². The summed E-state index contributed by atoms with van der Waals surface area (Å²) in [5.74, 6) is 5.23. The molecular weight excluding hydrogens is 310 g/mol. The van der Waals surface area contributed by atoms with Crippen molar-refractivity contribution in [1.29, 1.82) is 0 Å². The van der Waals surface area contributed by atoms with Crippen molar-refractivity contribution in [3.63, 3.8) is 0 Å². The molecule has 1 aromatic heterocycles. The number of carbonyl (C=O) groups excluding carboxylic acids is 1. The van der Waals surface area contributed by atoms with Gasteiger partial charge in [0.2, 0.25) is 0 Å². The molecule has 6 nitrogen and oxygen atoms in total. The summed E-state index contributed by atoms with van der Waals surface area (Å²) < 4.78 is 1.33. The molecule has 0 saturated heterocycles. The lowest BCUT2D eigenvalue weighted by Crippen LogP contribution is -2.35. The Morgan fingerprint density at radius 3 is 2.78 bits per heavy atom. The number of aromatic nitrogens is 1. The first-order valence-electron chi connectivity index (χ1n) is 6.88. The fourth-order valence-electron chi connectivity index (χ4n) is 2.26. The number of nitrogens with one attached hydrogen (secondary N) is 2. The second-order valence-corrected chi connectivity index (χ2v) is 5.25. The summed E-state index contributed by atoms with van der Waals surface area (Å²) >= 11 is 4.25. The highest BCUT2D eigenvalue weighted by Gasteiger charge is 2.11. The van der Waals surface area contributed by atoms with Crippen LogP contribution in [0.2, 0.25) is 0 Å². The maximum Gasteiger partial charge on any atom is 0.270 e. The lowest BCUT2D eigenvalue weighted by Gasteiger charge is -2.18. The number of hydrazine groups is 2. The first-order valence-corrected chi connectivity index (χ1v) is 7.28. The fraction of sp³-hybridized carbons (Fsp3) is 0. The van der Waals surface area contributed by atoms with Crippen LogP contribution in [0.4, 0.5) is 11.4 Å². The molecule has 7 heteroatoms. The van der Waals surface area contributed by atoms with Crippen LogP contribution in [0.3, 0.4) is 0 Å². The minimum Gasteiger partial charge on any atom is -0.324 e. The van der Waals surface area contributed by atoms with Gasteiger partial charge in [0, 0.05) is 17.1 Å². The van der Waals surface area contributed by atoms with E-state index < -0.39 is 0 Å². The minimum atomic E-state index is -0.267. The van der Waals surface area contributed by atoms with E-state index in [2.05, 4.69) is 28.7 Å². The number of fused-ring (bicyclic) bond motifs is 1. The van der Waals surface area contributed by atoms with Crippen molar-refractivity contribution >= 4 is 40.9 Å². The fourth-order valence-corrected chi connectivity index (χ4v) is 2.46. The van der Waals surface area contributed by atoms with Gasteiger partial charge in [-0.2, -0.15) is 0 Å². The Bertz CT molecular complexity index is 840. The van der Waals surface area contributed by atoms with Gasteiger partial charge in [-0.1, -0.05) is 18.2 Å². The predicted octanol–water partition coefficient (Wildman–Crippen LogP) is 2.52. The van der Waals surface area contributed by atoms with Gasteiger partial charge in [-0.3, -0.25) is 21.0 Å². The zero-order valence-electron chi connectivity index (χ0n) is 12.1. The summed E-state index contributed by atoms with van der Waals surface area (Å²) in [6, 6.07) is 14.6. The SMILES string of the molecule is NNc1cccc2cc(C(=O)NN(S)c3cccnc3)ccc12. The molecule has 0 aliphatic rings. The number of nitrogens with zero attached hydrogens (tertiary/aromatic N) is 2. The van der Waals surface area contributed by atoms with E-state index in [1.807, 2.05) is 24.3 Å². The molecular formula is C16H15N5OS. The third kappa shape index (κ3) is 3.20. The van der Waals surface area contributed by atoms with Crippen LogP contribution >= 0.6 is 12.8 Å². The van der Waals surface area contributed by atoms with Crippen LogP contribution in [0.25, 0.3) is 10.8 Å². The number of amides is 1. The van der Waals surface area contributed by atoms with Gasteiger partial charge in [0.1, 0.15) is 0 Å². The highest BCUT2D eigenvalue weighted by atomic mass is 32.1. The number of thiol groups is 1. The molecule has 23 heavy (non-hydrogen) atoms. The number of carbonyl (C=O) groups is 1. The zero-order chi connectivity index (χ0) is 16.2. The Morgan fingerprint density at radius 2 is 2.04 bits per heavy atom. The van der Waals surface area contributed by atoms with E-state index >= 15 is 0 Å². The van der Waals surface area contributed by atoms with E-state index in [-0.39, 0.29) is 5.91 Å². The van der Waals surface area contributed by atoms with E-state index in [1.54, 1.807) is 36.7 Å². The largest absolute Gasteiger partial charge is 0.324 e. The summed E-state index contributed by atoms with van der Waals surface area (Å²) in [4.78, 5) is 16.3. The third-order valence-corrected chi connectivity index (χ3v) is 3.73. The summed E-state index contributed by atoms with van der Waals surface area (Å²) in [6.07, 6.45) is 3.26. The maximum absolute atomic E-state index is 12.4. The van der Waals surface area contributed by atoms with Crippen LogP contribution in [-0.4, -0.2) is 10.9 Å². The van der Waals surface area contributed by atoms with E-state index in [9.17, 15) is 4.79 Å². The van der Waals surface area contributed by atoms with Gasteiger partial charge in [0.25, 0.3) is 5.91 Å². The Balaban J connectivity index is 1.84. The molecule has 1 heterocycles. The molecule has 1 amide bonds. The molecule has 116 valence electrons. The maximum atomic E-state index is 12.4. The van der Waals surface area contributed by atoms with Crippen LogP contribution in [0.5, 0.6) is 0 Å². The second kappa shape index (κ2) is 6.55. The first kappa shape index (κ1) is 15.1. The van der Waals surface area contributed by atoms with Gasteiger partial charge in [-0.05, 0) is 48.5 Å². The molecule has 0 unspecified atom stereocenters. The van der Waals surface area contributed by atoms with Crippen LogP contribution < -0.4 is 21.1 Å². The van der Waals surface area contributed by atoms with Crippen LogP contribution in [0, 0.1) is 0 Å². The number of hydrogen-bond donors (Lipinski definition) is 4. The van der Waals surface area contributed by atoms with Crippen LogP contribution in [0.15, 0.2) is 60.9 Å². The van der Waals surface area contributed by atoms with Crippen molar-refractivity contribution < 1.29 is 4.79 Å². The van der Waals surface area contributed by atoms with E-state index in [0.29, 0.717) is 11.3 Å². The predicted molar refractivity (Wildman–Crippen MR) is 94.9 cm³/mol. The average Bonchev–Trinajstić information content (AvgIpc) is 2.61. The first-order chi connectivity index (χ1) is 11.2. The summed E-state index contributed by atoms with van der Waals surface area (Å²) in [6.45, 7) is 0. The number of anilines is 2. The number of hydrogen-bond acceptors (Lipinski definition) is 6. The van der Waals surface area contributed by atoms with Gasteiger partial charge in [-0.25, -0.2) is 4.41 Å². The van der Waals surface area contributed by atoms with E-state index in [1.165, 1.54) is 4.41 Å². The van der Waals surface area contributed by atoms with Crippen LogP contribution in [0.1, 0.15) is 10.4 Å². The molecule has 0 aliphatic heterocycles. The molecule has 3 aromatic rings. The highest BCUT2D eigenvalue weighted by molar-refractivity contribution is 7.81. The molecule has 0 aliphatic carbocycles. The van der Waals surface area contributed by atoms with Crippen molar-refractivity contribution in [2.75, 3.05) is 9.84 Å². The number of nitrogen functional groups attached to an aromatic ring is 1. The summed E-state index contributed by atoms with van der Waals surface area (Å²) in [5, 5.41) is 1.86. The molecule has 0 bridgehead atoms. The van der Waals surface area contributed by atoms with Crippen LogP contribution in [-0.2, 0) is 0 Å². The van der Waals surface area contributed by atoms with Crippen molar-refractivity contribution in [3.8, 4) is 0 Å². The van der Waals surface area contributed by atoms with Gasteiger partial charge >= 0.3 is 0 Å². The van der Waals surface area contributed by atoms with Crippen molar-refractivity contribution in [1.82, 2.24) is 10.4 Å². The van der Waals surface area contributed by atoms with Gasteiger partial charge in [0.15, 0.2) is 0 Å². The molecule has 2 aromatic carbocycles. The highest BCUT2D eigenvalue weighted by Crippen LogP contribution is 2.23. The lowest BCUT2D eigenvalue weighted by molar-refractivity contribution is 0.0957. The second-order valence-electron chi connectivity index (χ2n) is 4.85. The third-order valence-electron chi connectivity index (χ3n) is 3.40. The monoisotopic (exact) mass is 325 g/mol. The van der Waals surface area contributed by atoms with Gasteiger partial charge in [-0.15, -0.1) is 0 Å². The lowest BCUT2D eigenvalue weighted by atomic mass is 10.1. The number of rotatable bonds is 4. The minimum absolute atomic E-state index is 0.267. The standard InChI is InChI=1S/C16H15N5OS/c17-19-15-5-1-3-11-9-12(6-7-14(11)15)16(22)20-21(23)13-4-2-8-18-10-13/h1-10,19,23H,17H2,(H,20,22). The van der Waals surface area contributed by atoms with Crippen molar-refractivity contribution in [3.05, 3.63) is 66.5 Å². The van der Waals surface area contributed by atoms with Gasteiger partial charge in [0.05, 0.1) is 17.6 Å². The van der Waals surface area contributed by atoms with E-state index in [4.69, 9.17) is 5.84 Å². The van der Waals surface area contributed by atoms with Gasteiger partial charge < -0.3 is 5.43 Å². The number of pyridine rings is 1. The molecule has 0 spiro atoms. The topological polar surface area (TPSA) is 83.3 Å². The normalized spacial score (nSPS) is 10.3. The summed E-state index contributed by atoms with van der Waals surface area (Å²) in [7, 11) is 0. The van der Waals surface area contributed by atoms with Crippen molar-refractivity contribution in [2.45, 2.75) is 0 Å². The molecule has 3 rings (SSSR count). The number of benzene rings is 2. The average molecular weight is 325 g/mol. The molecule has 0 atom stereocenters.